The third kappa shape index (κ3) is 8.60. The normalized spacial score (nSPS) is 17.1. The zero-order valence-corrected chi connectivity index (χ0v) is 17.4. The van der Waals surface area contributed by atoms with E-state index in [4.69, 9.17) is 4.74 Å². The van der Waals surface area contributed by atoms with Crippen LogP contribution in [0.25, 0.3) is 0 Å². The second-order valence-electron chi connectivity index (χ2n) is 5.96. The molecule has 1 aliphatic heterocycles. The molecule has 0 radical (unpaired) electrons. The number of hydrogen-bond donors (Lipinski definition) is 2. The number of morpholine rings is 1. The van der Waals surface area contributed by atoms with Crippen LogP contribution in [0.5, 0.6) is 0 Å². The van der Waals surface area contributed by atoms with Crippen molar-refractivity contribution >= 4 is 29.9 Å². The molecule has 0 aliphatic carbocycles. The molecule has 0 aromatic heterocycles. The summed E-state index contributed by atoms with van der Waals surface area (Å²) >= 11 is 0. The van der Waals surface area contributed by atoms with Crippen molar-refractivity contribution in [2.24, 2.45) is 4.99 Å². The fraction of sp³-hybridized carbons (Fsp3) is 0.588. The summed E-state index contributed by atoms with van der Waals surface area (Å²) in [6, 6.07) is 6.17. The summed E-state index contributed by atoms with van der Waals surface area (Å²) in [6.45, 7) is 2.85. The molecule has 1 aliphatic rings. The van der Waals surface area contributed by atoms with Crippen LogP contribution in [0.15, 0.2) is 29.3 Å². The Morgan fingerprint density at radius 3 is 2.37 bits per heavy atom. The highest BCUT2D eigenvalue weighted by atomic mass is 127. The van der Waals surface area contributed by atoms with Gasteiger partial charge in [0.2, 0.25) is 0 Å². The molecule has 1 heterocycles. The van der Waals surface area contributed by atoms with E-state index in [0.717, 1.165) is 18.7 Å². The Morgan fingerprint density at radius 2 is 1.81 bits per heavy atom. The number of aliphatic imine (C=N–C) groups is 1. The van der Waals surface area contributed by atoms with Gasteiger partial charge in [0.25, 0.3) is 0 Å². The number of nitrogens with zero attached hydrogens (tertiary/aromatic N) is 2. The minimum absolute atomic E-state index is 0. The molecule has 1 unspecified atom stereocenters. The second-order valence-corrected chi connectivity index (χ2v) is 5.96. The number of ether oxygens (including phenoxy) is 1. The van der Waals surface area contributed by atoms with Crippen LogP contribution in [0.1, 0.15) is 18.0 Å². The first kappa shape index (κ1) is 23.9. The van der Waals surface area contributed by atoms with Crippen molar-refractivity contribution in [3.63, 3.8) is 0 Å². The molecule has 1 fully saturated rings. The van der Waals surface area contributed by atoms with Crippen molar-refractivity contribution in [1.82, 2.24) is 15.5 Å². The SMILES string of the molecule is CN=C(NCCC(F)(F)F)NCC(c1ccc(F)cc1)N1CCOCC1.I. The van der Waals surface area contributed by atoms with Crippen LogP contribution in [0.3, 0.4) is 0 Å². The highest BCUT2D eigenvalue weighted by Gasteiger charge is 2.27. The number of alkyl halides is 3. The summed E-state index contributed by atoms with van der Waals surface area (Å²) in [4.78, 5) is 6.16. The van der Waals surface area contributed by atoms with Gasteiger partial charge < -0.3 is 15.4 Å². The van der Waals surface area contributed by atoms with Gasteiger partial charge in [-0.3, -0.25) is 9.89 Å². The third-order valence-electron chi connectivity index (χ3n) is 4.13. The summed E-state index contributed by atoms with van der Waals surface area (Å²) < 4.78 is 55.4. The number of benzene rings is 1. The van der Waals surface area contributed by atoms with Crippen LogP contribution in [0.4, 0.5) is 17.6 Å². The van der Waals surface area contributed by atoms with Gasteiger partial charge >= 0.3 is 6.18 Å². The van der Waals surface area contributed by atoms with Crippen molar-refractivity contribution in [3.05, 3.63) is 35.6 Å². The number of hydrogen-bond acceptors (Lipinski definition) is 3. The predicted molar refractivity (Wildman–Crippen MR) is 107 cm³/mol. The van der Waals surface area contributed by atoms with E-state index in [1.807, 2.05) is 0 Å². The number of halogens is 5. The van der Waals surface area contributed by atoms with Gasteiger partial charge in [-0.15, -0.1) is 24.0 Å². The zero-order valence-electron chi connectivity index (χ0n) is 15.1. The highest BCUT2D eigenvalue weighted by molar-refractivity contribution is 14.0. The number of guanidine groups is 1. The zero-order chi connectivity index (χ0) is 19.0. The molecule has 1 saturated heterocycles. The molecule has 0 spiro atoms. The minimum atomic E-state index is -4.21. The van der Waals surface area contributed by atoms with Crippen LogP contribution in [-0.4, -0.2) is 63.5 Å². The quantitative estimate of drug-likeness (QED) is 0.271. The molecule has 1 atom stereocenters. The van der Waals surface area contributed by atoms with Gasteiger partial charge in [-0.25, -0.2) is 4.39 Å². The van der Waals surface area contributed by atoms with E-state index < -0.39 is 12.6 Å². The average molecular weight is 504 g/mol. The van der Waals surface area contributed by atoms with E-state index in [0.29, 0.717) is 25.7 Å². The number of nitrogens with one attached hydrogen (secondary N) is 2. The van der Waals surface area contributed by atoms with Crippen LogP contribution in [0.2, 0.25) is 0 Å². The Morgan fingerprint density at radius 1 is 1.19 bits per heavy atom. The molecule has 1 aromatic rings. The molecule has 5 nitrogen and oxygen atoms in total. The van der Waals surface area contributed by atoms with E-state index in [2.05, 4.69) is 20.5 Å². The third-order valence-corrected chi connectivity index (χ3v) is 4.13. The van der Waals surface area contributed by atoms with Gasteiger partial charge in [-0.2, -0.15) is 13.2 Å². The Bertz CT molecular complexity index is 577. The van der Waals surface area contributed by atoms with Crippen LogP contribution in [-0.2, 0) is 4.74 Å². The van der Waals surface area contributed by atoms with E-state index in [-0.39, 0.29) is 42.4 Å². The van der Waals surface area contributed by atoms with Crippen molar-refractivity contribution in [1.29, 1.82) is 0 Å². The largest absolute Gasteiger partial charge is 0.390 e. The Balaban J connectivity index is 0.00000364. The van der Waals surface area contributed by atoms with Crippen molar-refractivity contribution < 1.29 is 22.3 Å². The summed E-state index contributed by atoms with van der Waals surface area (Å²) in [5.74, 6) is -0.0123. The summed E-state index contributed by atoms with van der Waals surface area (Å²) in [5, 5.41) is 5.72. The smallest absolute Gasteiger partial charge is 0.379 e. The van der Waals surface area contributed by atoms with E-state index >= 15 is 0 Å². The molecule has 2 rings (SSSR count). The lowest BCUT2D eigenvalue weighted by Gasteiger charge is -2.35. The van der Waals surface area contributed by atoms with Gasteiger partial charge in [0.05, 0.1) is 25.7 Å². The van der Waals surface area contributed by atoms with Crippen LogP contribution >= 0.6 is 24.0 Å². The standard InChI is InChI=1S/C17H24F4N4O.HI/c1-22-16(23-7-6-17(19,20)21)24-12-15(25-8-10-26-11-9-25)13-2-4-14(18)5-3-13;/h2-5,15H,6-12H2,1H3,(H2,22,23,24);1H. The van der Waals surface area contributed by atoms with Crippen LogP contribution in [0, 0.1) is 5.82 Å². The maximum absolute atomic E-state index is 13.2. The van der Waals surface area contributed by atoms with Gasteiger partial charge in [0, 0.05) is 33.2 Å². The molecular formula is C17H25F4IN4O. The van der Waals surface area contributed by atoms with Crippen molar-refractivity contribution in [3.8, 4) is 0 Å². The summed E-state index contributed by atoms with van der Waals surface area (Å²) in [7, 11) is 1.50. The fourth-order valence-electron chi connectivity index (χ4n) is 2.77. The molecule has 1 aromatic carbocycles. The molecule has 0 bridgehead atoms. The Hall–Kier alpha value is -1.14. The van der Waals surface area contributed by atoms with E-state index in [9.17, 15) is 17.6 Å². The molecule has 10 heteroatoms. The first-order valence-corrected chi connectivity index (χ1v) is 8.47. The van der Waals surface area contributed by atoms with Crippen molar-refractivity contribution in [2.75, 3.05) is 46.4 Å². The molecule has 0 saturated carbocycles. The monoisotopic (exact) mass is 504 g/mol. The fourth-order valence-corrected chi connectivity index (χ4v) is 2.77. The first-order chi connectivity index (χ1) is 12.4. The lowest BCUT2D eigenvalue weighted by atomic mass is 10.0. The van der Waals surface area contributed by atoms with E-state index in [1.165, 1.54) is 19.2 Å². The minimum Gasteiger partial charge on any atom is -0.379 e. The van der Waals surface area contributed by atoms with Crippen LogP contribution < -0.4 is 10.6 Å². The predicted octanol–water partition coefficient (Wildman–Crippen LogP) is 2.93. The number of rotatable bonds is 6. The van der Waals surface area contributed by atoms with Gasteiger partial charge in [0.15, 0.2) is 5.96 Å². The maximum atomic E-state index is 13.2. The first-order valence-electron chi connectivity index (χ1n) is 8.47. The lowest BCUT2D eigenvalue weighted by molar-refractivity contribution is -0.132. The molecule has 0 amide bonds. The Kier molecular flexibility index (Phi) is 10.3. The van der Waals surface area contributed by atoms with E-state index in [1.54, 1.807) is 12.1 Å². The summed E-state index contributed by atoms with van der Waals surface area (Å²) in [5.41, 5.74) is 0.923. The summed E-state index contributed by atoms with van der Waals surface area (Å²) in [6.07, 6.45) is -5.14. The van der Waals surface area contributed by atoms with Crippen molar-refractivity contribution in [2.45, 2.75) is 18.6 Å². The van der Waals surface area contributed by atoms with Gasteiger partial charge in [0.1, 0.15) is 5.82 Å². The Labute approximate surface area is 173 Å². The molecule has 27 heavy (non-hydrogen) atoms. The second kappa shape index (κ2) is 11.6. The molecule has 154 valence electrons. The molecule has 2 N–H and O–H groups in total. The van der Waals surface area contributed by atoms with Gasteiger partial charge in [-0.05, 0) is 17.7 Å². The highest BCUT2D eigenvalue weighted by Crippen LogP contribution is 2.22. The van der Waals surface area contributed by atoms with Gasteiger partial charge in [-0.1, -0.05) is 12.1 Å². The average Bonchev–Trinajstić information content (AvgIpc) is 2.61. The lowest BCUT2D eigenvalue weighted by Crippen LogP contribution is -2.46. The maximum Gasteiger partial charge on any atom is 0.390 e. The topological polar surface area (TPSA) is 48.9 Å². The molecular weight excluding hydrogens is 479 g/mol.